The zero-order valence-corrected chi connectivity index (χ0v) is 22.7. The molecule has 38 heavy (non-hydrogen) atoms. The Bertz CT molecular complexity index is 1260. The van der Waals surface area contributed by atoms with Crippen molar-refractivity contribution in [3.05, 3.63) is 59.9 Å². The number of nitrogens with one attached hydrogen (secondary N) is 1. The molecule has 1 unspecified atom stereocenters. The van der Waals surface area contributed by atoms with Crippen LogP contribution >= 0.6 is 0 Å². The van der Waals surface area contributed by atoms with E-state index in [2.05, 4.69) is 25.6 Å². The van der Waals surface area contributed by atoms with Gasteiger partial charge in [-0.15, -0.1) is 5.10 Å². The number of aromatic nitrogens is 5. The average Bonchev–Trinajstić information content (AvgIpc) is 3.58. The number of likely N-dealkylation sites (tertiary alicyclic amines) is 1. The third-order valence-electron chi connectivity index (χ3n) is 7.16. The lowest BCUT2D eigenvalue weighted by Crippen LogP contribution is -2.50. The van der Waals surface area contributed by atoms with E-state index in [4.69, 9.17) is 0 Å². The summed E-state index contributed by atoms with van der Waals surface area (Å²) in [5.41, 5.74) is 4.36. The maximum atomic E-state index is 13.7. The zero-order valence-electron chi connectivity index (χ0n) is 22.7. The van der Waals surface area contributed by atoms with E-state index in [0.717, 1.165) is 34.5 Å². The summed E-state index contributed by atoms with van der Waals surface area (Å²) in [4.78, 5) is 37.1. The fraction of sp³-hybridized carbons (Fsp3) is 0.500. The van der Waals surface area contributed by atoms with Gasteiger partial charge in [0.2, 0.25) is 11.8 Å². The van der Waals surface area contributed by atoms with Gasteiger partial charge in [0.25, 0.3) is 0 Å². The van der Waals surface area contributed by atoms with Crippen LogP contribution in [0.1, 0.15) is 75.5 Å². The molecule has 1 aliphatic rings. The number of benzene rings is 1. The lowest BCUT2D eigenvalue weighted by atomic mass is 10.0. The normalized spacial score (nSPS) is 17.2. The Labute approximate surface area is 223 Å². The summed E-state index contributed by atoms with van der Waals surface area (Å²) in [6.45, 7) is 10.2. The number of amides is 2. The van der Waals surface area contributed by atoms with Crippen molar-refractivity contribution in [1.82, 2.24) is 35.2 Å². The van der Waals surface area contributed by atoms with Crippen molar-refractivity contribution in [3.63, 3.8) is 0 Å². The second-order valence-electron chi connectivity index (χ2n) is 10.5. The molecule has 0 radical (unpaired) electrons. The van der Waals surface area contributed by atoms with E-state index in [0.29, 0.717) is 13.0 Å². The van der Waals surface area contributed by atoms with Gasteiger partial charge in [0, 0.05) is 30.2 Å². The topological polar surface area (TPSA) is 126 Å². The molecule has 1 aromatic carbocycles. The molecule has 4 rings (SSSR count). The van der Waals surface area contributed by atoms with Crippen LogP contribution in [-0.2, 0) is 9.59 Å². The van der Waals surface area contributed by atoms with Crippen LogP contribution in [0.2, 0.25) is 0 Å². The van der Waals surface area contributed by atoms with Crippen molar-refractivity contribution in [2.45, 2.75) is 71.5 Å². The Balaban J connectivity index is 1.48. The van der Waals surface area contributed by atoms with Gasteiger partial charge in [-0.25, -0.2) is 14.6 Å². The molecule has 1 fully saturated rings. The summed E-state index contributed by atoms with van der Waals surface area (Å²) >= 11 is 0. The van der Waals surface area contributed by atoms with Crippen LogP contribution in [0.25, 0.3) is 11.1 Å². The van der Waals surface area contributed by atoms with Crippen LogP contribution < -0.4 is 5.32 Å². The van der Waals surface area contributed by atoms with Crippen LogP contribution in [0.3, 0.4) is 0 Å². The summed E-state index contributed by atoms with van der Waals surface area (Å²) < 4.78 is 1.63. The highest BCUT2D eigenvalue weighted by molar-refractivity contribution is 5.90. The number of carbonyl (C=O) groups excluding carboxylic acids is 2. The Morgan fingerprint density at radius 3 is 2.50 bits per heavy atom. The third kappa shape index (κ3) is 5.75. The molecule has 1 saturated heterocycles. The van der Waals surface area contributed by atoms with Crippen LogP contribution in [0.5, 0.6) is 0 Å². The van der Waals surface area contributed by atoms with Crippen LogP contribution in [-0.4, -0.2) is 66.0 Å². The van der Waals surface area contributed by atoms with E-state index in [-0.39, 0.29) is 30.3 Å². The number of hydrogen-bond donors (Lipinski definition) is 2. The highest BCUT2D eigenvalue weighted by atomic mass is 16.3. The maximum absolute atomic E-state index is 13.7. The summed E-state index contributed by atoms with van der Waals surface area (Å²) in [5, 5.41) is 21.5. The van der Waals surface area contributed by atoms with Crippen molar-refractivity contribution in [3.8, 4) is 11.1 Å². The molecule has 2 N–H and O–H groups in total. The minimum absolute atomic E-state index is 0.0316. The Morgan fingerprint density at radius 2 is 1.89 bits per heavy atom. The van der Waals surface area contributed by atoms with Gasteiger partial charge in [-0.1, -0.05) is 57.2 Å². The zero-order chi connectivity index (χ0) is 27.4. The first-order valence-electron chi connectivity index (χ1n) is 13.2. The Kier molecular flexibility index (Phi) is 8.51. The summed E-state index contributed by atoms with van der Waals surface area (Å²) in [6.07, 6.45) is 6.41. The molecule has 10 nitrogen and oxygen atoms in total. The van der Waals surface area contributed by atoms with Crippen molar-refractivity contribution in [1.29, 1.82) is 0 Å². The lowest BCUT2D eigenvalue weighted by Gasteiger charge is -2.30. The van der Waals surface area contributed by atoms with E-state index in [9.17, 15) is 14.7 Å². The number of rotatable bonds is 9. The first-order valence-corrected chi connectivity index (χ1v) is 13.2. The SMILES string of the molecule is Cc1ncncc1-c1ccc(C(CO)NC(=O)[C@@H]2CCCN2C(=O)[C@H](C(C)C)n2cc(C(C)C)nn2)cc1. The minimum Gasteiger partial charge on any atom is -0.394 e. The van der Waals surface area contributed by atoms with E-state index in [1.54, 1.807) is 15.8 Å². The van der Waals surface area contributed by atoms with Gasteiger partial charge in [-0.3, -0.25) is 9.59 Å². The third-order valence-corrected chi connectivity index (χ3v) is 7.16. The number of nitrogens with zero attached hydrogens (tertiary/aromatic N) is 6. The van der Waals surface area contributed by atoms with Gasteiger partial charge < -0.3 is 15.3 Å². The van der Waals surface area contributed by atoms with Gasteiger partial charge in [-0.2, -0.15) is 0 Å². The predicted octanol–water partition coefficient (Wildman–Crippen LogP) is 3.20. The number of carbonyl (C=O) groups is 2. The molecule has 0 aliphatic carbocycles. The maximum Gasteiger partial charge on any atom is 0.248 e. The molecular weight excluding hydrogens is 482 g/mol. The molecule has 3 aromatic rings. The smallest absolute Gasteiger partial charge is 0.248 e. The first kappa shape index (κ1) is 27.4. The molecule has 3 atom stereocenters. The first-order chi connectivity index (χ1) is 18.2. The fourth-order valence-corrected chi connectivity index (χ4v) is 4.94. The van der Waals surface area contributed by atoms with E-state index in [1.165, 1.54) is 6.33 Å². The quantitative estimate of drug-likeness (QED) is 0.445. The number of aliphatic hydroxyl groups is 1. The highest BCUT2D eigenvalue weighted by Crippen LogP contribution is 2.28. The monoisotopic (exact) mass is 519 g/mol. The lowest BCUT2D eigenvalue weighted by molar-refractivity contribution is -0.142. The molecule has 0 bridgehead atoms. The van der Waals surface area contributed by atoms with Gasteiger partial charge in [-0.05, 0) is 42.7 Å². The molecule has 202 valence electrons. The van der Waals surface area contributed by atoms with Crippen LogP contribution in [0.15, 0.2) is 43.0 Å². The largest absolute Gasteiger partial charge is 0.394 e. The number of aryl methyl sites for hydroxylation is 1. The van der Waals surface area contributed by atoms with Gasteiger partial charge in [0.15, 0.2) is 0 Å². The number of hydrogen-bond acceptors (Lipinski definition) is 7. The Morgan fingerprint density at radius 1 is 1.16 bits per heavy atom. The predicted molar refractivity (Wildman–Crippen MR) is 143 cm³/mol. The van der Waals surface area contributed by atoms with Crippen molar-refractivity contribution in [2.24, 2.45) is 5.92 Å². The minimum atomic E-state index is -0.603. The van der Waals surface area contributed by atoms with Gasteiger partial charge >= 0.3 is 0 Å². The van der Waals surface area contributed by atoms with Crippen molar-refractivity contribution < 1.29 is 14.7 Å². The molecule has 2 aromatic heterocycles. The van der Waals surface area contributed by atoms with Crippen LogP contribution in [0, 0.1) is 12.8 Å². The van der Waals surface area contributed by atoms with E-state index >= 15 is 0 Å². The van der Waals surface area contributed by atoms with Gasteiger partial charge in [0.05, 0.1) is 18.3 Å². The fourth-order valence-electron chi connectivity index (χ4n) is 4.94. The summed E-state index contributed by atoms with van der Waals surface area (Å²) in [5.74, 6) is -0.235. The second-order valence-corrected chi connectivity index (χ2v) is 10.5. The number of aliphatic hydroxyl groups excluding tert-OH is 1. The van der Waals surface area contributed by atoms with Crippen molar-refractivity contribution in [2.75, 3.05) is 13.2 Å². The van der Waals surface area contributed by atoms with Gasteiger partial charge in [0.1, 0.15) is 18.4 Å². The molecule has 1 aliphatic heterocycles. The Hall–Kier alpha value is -3.66. The molecule has 0 spiro atoms. The van der Waals surface area contributed by atoms with Crippen molar-refractivity contribution >= 4 is 11.8 Å². The summed E-state index contributed by atoms with van der Waals surface area (Å²) in [7, 11) is 0. The van der Waals surface area contributed by atoms with E-state index < -0.39 is 18.1 Å². The summed E-state index contributed by atoms with van der Waals surface area (Å²) in [6, 6.07) is 5.88. The van der Waals surface area contributed by atoms with E-state index in [1.807, 2.05) is 65.1 Å². The van der Waals surface area contributed by atoms with Crippen LogP contribution in [0.4, 0.5) is 0 Å². The molecule has 2 amide bonds. The molecule has 3 heterocycles. The second kappa shape index (κ2) is 11.8. The standard InChI is InChI=1S/C28H37N7O3/c1-17(2)23-14-35(33-32-23)26(18(3)4)28(38)34-12-6-7-25(34)27(37)31-24(15-36)21-10-8-20(9-11-21)22-13-29-16-30-19(22)5/h8-11,13-14,16-18,24-26,36H,6-7,12,15H2,1-5H3,(H,31,37)/t24?,25-,26-/m0/s1. The average molecular weight is 520 g/mol. The molecule has 0 saturated carbocycles. The molecular formula is C28H37N7O3. The molecule has 10 heteroatoms. The highest BCUT2D eigenvalue weighted by Gasteiger charge is 2.39.